The number of oxazole rings is 1. The minimum Gasteiger partial charge on any atom is -0.449 e. The van der Waals surface area contributed by atoms with E-state index in [0.717, 1.165) is 21.7 Å². The fourth-order valence-electron chi connectivity index (χ4n) is 2.77. The molecule has 6 nitrogen and oxygen atoms in total. The highest BCUT2D eigenvalue weighted by Crippen LogP contribution is 2.26. The zero-order valence-corrected chi connectivity index (χ0v) is 16.6. The molecule has 0 unspecified atom stereocenters. The van der Waals surface area contributed by atoms with Crippen LogP contribution in [0.2, 0.25) is 0 Å². The number of nitrogens with one attached hydrogen (secondary N) is 1. The Morgan fingerprint density at radius 3 is 2.61 bits per heavy atom. The second-order valence-electron chi connectivity index (χ2n) is 6.09. The van der Waals surface area contributed by atoms with Crippen molar-refractivity contribution in [3.05, 3.63) is 77.8 Å². The van der Waals surface area contributed by atoms with E-state index in [2.05, 4.69) is 14.7 Å². The first kappa shape index (κ1) is 18.5. The standard InChI is InChI=1S/C20H17N3O3S2/c1-14-23-18(13-26-14)15-6-8-17(9-7-15)28(24,25)22-12-16-4-2-10-21-20(16)19-5-3-11-27-19/h2-11,13,22H,12H2,1H3. The molecule has 0 aliphatic carbocycles. The SMILES string of the molecule is Cc1nc(-c2ccc(S(=O)(=O)NCc3cccnc3-c3cccs3)cc2)co1. The Morgan fingerprint density at radius 2 is 1.93 bits per heavy atom. The summed E-state index contributed by atoms with van der Waals surface area (Å²) in [7, 11) is -3.66. The van der Waals surface area contributed by atoms with Crippen LogP contribution in [0.25, 0.3) is 21.8 Å². The highest BCUT2D eigenvalue weighted by Gasteiger charge is 2.16. The van der Waals surface area contributed by atoms with Crippen molar-refractivity contribution < 1.29 is 12.8 Å². The Bertz CT molecular complexity index is 1180. The number of aromatic nitrogens is 2. The molecule has 1 aromatic carbocycles. The summed E-state index contributed by atoms with van der Waals surface area (Å²) >= 11 is 1.57. The van der Waals surface area contributed by atoms with Gasteiger partial charge in [0.25, 0.3) is 0 Å². The minimum absolute atomic E-state index is 0.160. The highest BCUT2D eigenvalue weighted by molar-refractivity contribution is 7.89. The van der Waals surface area contributed by atoms with Crippen LogP contribution in [0.4, 0.5) is 0 Å². The summed E-state index contributed by atoms with van der Waals surface area (Å²) in [6, 6.07) is 14.1. The molecule has 0 spiro atoms. The zero-order valence-electron chi connectivity index (χ0n) is 15.0. The van der Waals surface area contributed by atoms with Gasteiger partial charge in [-0.15, -0.1) is 11.3 Å². The molecule has 4 aromatic rings. The highest BCUT2D eigenvalue weighted by atomic mass is 32.2. The van der Waals surface area contributed by atoms with E-state index in [4.69, 9.17) is 4.42 Å². The van der Waals surface area contributed by atoms with Crippen molar-refractivity contribution >= 4 is 21.4 Å². The third kappa shape index (κ3) is 3.89. The number of thiophene rings is 1. The second kappa shape index (κ2) is 7.67. The predicted octanol–water partition coefficient (Wildman–Crippen LogP) is 4.25. The minimum atomic E-state index is -3.66. The lowest BCUT2D eigenvalue weighted by Gasteiger charge is -2.10. The van der Waals surface area contributed by atoms with Gasteiger partial charge in [0.2, 0.25) is 10.0 Å². The summed E-state index contributed by atoms with van der Waals surface area (Å²) in [6.45, 7) is 1.92. The molecule has 0 bridgehead atoms. The molecule has 0 saturated heterocycles. The average molecular weight is 412 g/mol. The number of hydrogen-bond donors (Lipinski definition) is 1. The van der Waals surface area contributed by atoms with Crippen molar-refractivity contribution in [3.8, 4) is 21.8 Å². The van der Waals surface area contributed by atoms with Crippen LogP contribution < -0.4 is 4.72 Å². The van der Waals surface area contributed by atoms with E-state index < -0.39 is 10.0 Å². The van der Waals surface area contributed by atoms with Crippen molar-refractivity contribution in [2.24, 2.45) is 0 Å². The van der Waals surface area contributed by atoms with Crippen molar-refractivity contribution in [1.29, 1.82) is 0 Å². The lowest BCUT2D eigenvalue weighted by atomic mass is 10.2. The lowest BCUT2D eigenvalue weighted by molar-refractivity contribution is 0.521. The monoisotopic (exact) mass is 411 g/mol. The van der Waals surface area contributed by atoms with Crippen molar-refractivity contribution in [1.82, 2.24) is 14.7 Å². The van der Waals surface area contributed by atoms with E-state index >= 15 is 0 Å². The van der Waals surface area contributed by atoms with Crippen LogP contribution in [-0.4, -0.2) is 18.4 Å². The van der Waals surface area contributed by atoms with Gasteiger partial charge >= 0.3 is 0 Å². The molecule has 0 fully saturated rings. The molecule has 4 rings (SSSR count). The largest absolute Gasteiger partial charge is 0.449 e. The first-order valence-electron chi connectivity index (χ1n) is 8.53. The molecule has 8 heteroatoms. The molecule has 1 N–H and O–H groups in total. The van der Waals surface area contributed by atoms with Crippen molar-refractivity contribution in [3.63, 3.8) is 0 Å². The van der Waals surface area contributed by atoms with Crippen molar-refractivity contribution in [2.45, 2.75) is 18.4 Å². The Balaban J connectivity index is 1.52. The van der Waals surface area contributed by atoms with E-state index in [9.17, 15) is 8.42 Å². The molecule has 3 aromatic heterocycles. The zero-order chi connectivity index (χ0) is 19.6. The van der Waals surface area contributed by atoms with Crippen LogP contribution in [-0.2, 0) is 16.6 Å². The summed E-state index contributed by atoms with van der Waals surface area (Å²) in [5, 5.41) is 1.97. The molecule has 0 amide bonds. The number of hydrogen-bond acceptors (Lipinski definition) is 6. The number of sulfonamides is 1. The summed E-state index contributed by atoms with van der Waals surface area (Å²) in [5.41, 5.74) is 3.08. The van der Waals surface area contributed by atoms with Crippen LogP contribution in [0.5, 0.6) is 0 Å². The molecule has 0 aliphatic heterocycles. The normalized spacial score (nSPS) is 11.6. The Hall–Kier alpha value is -2.81. The third-order valence-corrected chi connectivity index (χ3v) is 6.47. The molecule has 0 saturated carbocycles. The van der Waals surface area contributed by atoms with Gasteiger partial charge in [-0.3, -0.25) is 4.98 Å². The predicted molar refractivity (Wildman–Crippen MR) is 108 cm³/mol. The summed E-state index contributed by atoms with van der Waals surface area (Å²) in [6.07, 6.45) is 3.25. The molecule has 3 heterocycles. The summed E-state index contributed by atoms with van der Waals surface area (Å²) in [4.78, 5) is 9.84. The Kier molecular flexibility index (Phi) is 5.08. The smallest absolute Gasteiger partial charge is 0.240 e. The quantitative estimate of drug-likeness (QED) is 0.513. The van der Waals surface area contributed by atoms with Crippen molar-refractivity contribution in [2.75, 3.05) is 0 Å². The van der Waals surface area contributed by atoms with Gasteiger partial charge in [-0.2, -0.15) is 0 Å². The maximum absolute atomic E-state index is 12.7. The number of nitrogens with zero attached hydrogens (tertiary/aromatic N) is 2. The van der Waals surface area contributed by atoms with E-state index in [0.29, 0.717) is 11.6 Å². The van der Waals surface area contributed by atoms with Gasteiger partial charge in [-0.1, -0.05) is 24.3 Å². The first-order valence-corrected chi connectivity index (χ1v) is 10.9. The number of pyridine rings is 1. The topological polar surface area (TPSA) is 85.1 Å². The molecule has 0 atom stereocenters. The Labute approximate surface area is 167 Å². The van der Waals surface area contributed by atoms with E-state index in [1.165, 1.54) is 0 Å². The van der Waals surface area contributed by atoms with Crippen LogP contribution in [0.3, 0.4) is 0 Å². The molecule has 0 radical (unpaired) electrons. The second-order valence-corrected chi connectivity index (χ2v) is 8.80. The van der Waals surface area contributed by atoms with Gasteiger partial charge < -0.3 is 4.42 Å². The molecular formula is C20H17N3O3S2. The van der Waals surface area contributed by atoms with Crippen LogP contribution in [0.15, 0.2) is 75.7 Å². The lowest BCUT2D eigenvalue weighted by Crippen LogP contribution is -2.23. The molecule has 28 heavy (non-hydrogen) atoms. The van der Waals surface area contributed by atoms with E-state index in [1.807, 2.05) is 23.6 Å². The summed E-state index contributed by atoms with van der Waals surface area (Å²) < 4.78 is 33.2. The molecular weight excluding hydrogens is 394 g/mol. The van der Waals surface area contributed by atoms with Crippen LogP contribution in [0.1, 0.15) is 11.5 Å². The Morgan fingerprint density at radius 1 is 1.11 bits per heavy atom. The fourth-order valence-corrected chi connectivity index (χ4v) is 4.54. The fraction of sp³-hybridized carbons (Fsp3) is 0.100. The number of rotatable bonds is 6. The van der Waals surface area contributed by atoms with Crippen LogP contribution >= 0.6 is 11.3 Å². The van der Waals surface area contributed by atoms with E-state index in [-0.39, 0.29) is 11.4 Å². The number of aryl methyl sites for hydroxylation is 1. The van der Waals surface area contributed by atoms with Gasteiger partial charge in [-0.05, 0) is 35.2 Å². The van der Waals surface area contributed by atoms with Gasteiger partial charge in [-0.25, -0.2) is 18.1 Å². The maximum atomic E-state index is 12.7. The summed E-state index contributed by atoms with van der Waals surface area (Å²) in [5.74, 6) is 0.561. The first-order chi connectivity index (χ1) is 13.5. The van der Waals surface area contributed by atoms with Gasteiger partial charge in [0, 0.05) is 25.2 Å². The maximum Gasteiger partial charge on any atom is 0.240 e. The molecule has 0 aliphatic rings. The van der Waals surface area contributed by atoms with Gasteiger partial charge in [0.15, 0.2) is 5.89 Å². The molecule has 142 valence electrons. The average Bonchev–Trinajstić information content (AvgIpc) is 3.39. The third-order valence-electron chi connectivity index (χ3n) is 4.18. The van der Waals surface area contributed by atoms with Gasteiger partial charge in [0.05, 0.1) is 15.5 Å². The van der Waals surface area contributed by atoms with E-state index in [1.54, 1.807) is 61.1 Å². The number of benzene rings is 1. The van der Waals surface area contributed by atoms with Gasteiger partial charge in [0.1, 0.15) is 12.0 Å². The van der Waals surface area contributed by atoms with Crippen LogP contribution in [0, 0.1) is 6.92 Å².